The Hall–Kier alpha value is -3.45. The lowest BCUT2D eigenvalue weighted by molar-refractivity contribution is 0.102. The molecule has 0 saturated heterocycles. The number of fused-ring (bicyclic) bond motifs is 2. The highest BCUT2D eigenvalue weighted by Gasteiger charge is 2.30. The summed E-state index contributed by atoms with van der Waals surface area (Å²) >= 11 is 0. The van der Waals surface area contributed by atoms with Crippen LogP contribution in [-0.2, 0) is 22.3 Å². The van der Waals surface area contributed by atoms with Crippen LogP contribution in [0.25, 0.3) is 16.5 Å². The van der Waals surface area contributed by atoms with Crippen LogP contribution in [0.5, 0.6) is 5.75 Å². The van der Waals surface area contributed by atoms with Crippen molar-refractivity contribution in [1.29, 1.82) is 0 Å². The molecule has 0 fully saturated rings. The number of ether oxygens (including phenoxy) is 1. The quantitative estimate of drug-likeness (QED) is 0.453. The first-order chi connectivity index (χ1) is 16.0. The number of aromatic nitrogens is 2. The molecule has 1 aliphatic heterocycles. The molecule has 0 bridgehead atoms. The van der Waals surface area contributed by atoms with E-state index in [2.05, 4.69) is 11.4 Å². The zero-order chi connectivity index (χ0) is 23.1. The molecule has 0 aliphatic carbocycles. The Kier molecular flexibility index (Phi) is 5.50. The third kappa shape index (κ3) is 3.82. The summed E-state index contributed by atoms with van der Waals surface area (Å²) in [6.45, 7) is 6.42. The molecule has 1 unspecified atom stereocenters. The lowest BCUT2D eigenvalue weighted by Crippen LogP contribution is -2.18. The molecule has 3 aromatic carbocycles. The molecule has 1 N–H and O–H groups in total. The largest absolute Gasteiger partial charge is 0.493 e. The monoisotopic (exact) mass is 459 g/mol. The van der Waals surface area contributed by atoms with Crippen molar-refractivity contribution in [2.45, 2.75) is 32.3 Å². The maximum absolute atomic E-state index is 13.7. The van der Waals surface area contributed by atoms with E-state index >= 15 is 0 Å². The first kappa shape index (κ1) is 21.4. The molecule has 1 aromatic heterocycles. The van der Waals surface area contributed by atoms with Gasteiger partial charge in [-0.15, -0.1) is 0 Å². The average molecular weight is 460 g/mol. The molecule has 1 amide bonds. The molecular weight excluding hydrogens is 434 g/mol. The van der Waals surface area contributed by atoms with E-state index in [0.717, 1.165) is 38.8 Å². The summed E-state index contributed by atoms with van der Waals surface area (Å²) in [4.78, 5) is 13.7. The van der Waals surface area contributed by atoms with Crippen molar-refractivity contribution in [1.82, 2.24) is 9.78 Å². The van der Waals surface area contributed by atoms with Gasteiger partial charge in [0.25, 0.3) is 5.91 Å². The van der Waals surface area contributed by atoms with Crippen LogP contribution in [0.2, 0.25) is 0 Å². The van der Waals surface area contributed by atoms with Crippen molar-refractivity contribution in [2.24, 2.45) is 0 Å². The van der Waals surface area contributed by atoms with Crippen molar-refractivity contribution in [3.8, 4) is 11.4 Å². The van der Waals surface area contributed by atoms with Crippen LogP contribution in [0, 0.1) is 13.8 Å². The van der Waals surface area contributed by atoms with Gasteiger partial charge in [0.1, 0.15) is 11.6 Å². The van der Waals surface area contributed by atoms with Gasteiger partial charge < -0.3 is 10.1 Å². The van der Waals surface area contributed by atoms with E-state index in [-0.39, 0.29) is 5.91 Å². The van der Waals surface area contributed by atoms with E-state index in [1.807, 2.05) is 69.3 Å². The molecule has 33 heavy (non-hydrogen) atoms. The third-order valence-electron chi connectivity index (χ3n) is 5.90. The van der Waals surface area contributed by atoms with Crippen LogP contribution >= 0.6 is 0 Å². The van der Waals surface area contributed by atoms with Crippen molar-refractivity contribution in [3.05, 3.63) is 82.5 Å². The van der Waals surface area contributed by atoms with Crippen LogP contribution in [-0.4, -0.2) is 26.5 Å². The summed E-state index contributed by atoms with van der Waals surface area (Å²) in [5.41, 5.74) is 5.18. The number of amides is 1. The SMILES string of the molecule is CCOc1ccc2ccccc2c1C(=O)Nc1c2c(nn1-c1ccc(C)cc1C)CS(=O)C2. The Labute approximate surface area is 195 Å². The normalized spacial score (nSPS) is 14.9. The van der Waals surface area contributed by atoms with Gasteiger partial charge in [-0.05, 0) is 49.2 Å². The predicted octanol–water partition coefficient (Wildman–Crippen LogP) is 5.06. The Balaban J connectivity index is 1.64. The molecule has 0 saturated carbocycles. The molecule has 0 spiro atoms. The molecule has 7 heteroatoms. The summed E-state index contributed by atoms with van der Waals surface area (Å²) in [6, 6.07) is 17.7. The molecule has 4 aromatic rings. The van der Waals surface area contributed by atoms with E-state index in [4.69, 9.17) is 9.84 Å². The Morgan fingerprint density at radius 2 is 1.94 bits per heavy atom. The second kappa shape index (κ2) is 8.48. The van der Waals surface area contributed by atoms with Crippen molar-refractivity contribution in [2.75, 3.05) is 11.9 Å². The molecular formula is C26H25N3O3S. The third-order valence-corrected chi connectivity index (χ3v) is 7.11. The van der Waals surface area contributed by atoms with Gasteiger partial charge in [0, 0.05) is 16.4 Å². The van der Waals surface area contributed by atoms with E-state index in [0.29, 0.717) is 35.2 Å². The zero-order valence-electron chi connectivity index (χ0n) is 18.8. The molecule has 1 aliphatic rings. The van der Waals surface area contributed by atoms with Gasteiger partial charge in [-0.25, -0.2) is 4.68 Å². The smallest absolute Gasteiger partial charge is 0.261 e. The first-order valence-electron chi connectivity index (χ1n) is 11.0. The van der Waals surface area contributed by atoms with Gasteiger partial charge in [-0.3, -0.25) is 9.00 Å². The highest BCUT2D eigenvalue weighted by atomic mass is 32.2. The summed E-state index contributed by atoms with van der Waals surface area (Å²) < 4.78 is 19.9. The van der Waals surface area contributed by atoms with Crippen LogP contribution in [0.3, 0.4) is 0 Å². The van der Waals surface area contributed by atoms with Crippen LogP contribution in [0.1, 0.15) is 39.7 Å². The summed E-state index contributed by atoms with van der Waals surface area (Å²) in [5.74, 6) is 1.61. The topological polar surface area (TPSA) is 73.2 Å². The van der Waals surface area contributed by atoms with E-state index in [1.54, 1.807) is 4.68 Å². The molecule has 5 rings (SSSR count). The minimum atomic E-state index is -1.01. The first-order valence-corrected chi connectivity index (χ1v) is 12.4. The maximum Gasteiger partial charge on any atom is 0.261 e. The van der Waals surface area contributed by atoms with Crippen molar-refractivity contribution in [3.63, 3.8) is 0 Å². The molecule has 2 heterocycles. The van der Waals surface area contributed by atoms with E-state index < -0.39 is 10.8 Å². The Bertz CT molecular complexity index is 1420. The lowest BCUT2D eigenvalue weighted by Gasteiger charge is -2.16. The van der Waals surface area contributed by atoms with Gasteiger partial charge in [0.2, 0.25) is 0 Å². The molecule has 168 valence electrons. The fourth-order valence-corrected chi connectivity index (χ4v) is 5.67. The summed E-state index contributed by atoms with van der Waals surface area (Å²) in [6.07, 6.45) is 0. The lowest BCUT2D eigenvalue weighted by atomic mass is 10.0. The van der Waals surface area contributed by atoms with Gasteiger partial charge in [0.15, 0.2) is 0 Å². The predicted molar refractivity (Wildman–Crippen MR) is 132 cm³/mol. The highest BCUT2D eigenvalue weighted by Crippen LogP contribution is 2.34. The molecule has 6 nitrogen and oxygen atoms in total. The summed E-state index contributed by atoms with van der Waals surface area (Å²) in [5, 5.41) is 9.63. The number of benzene rings is 3. The minimum absolute atomic E-state index is 0.276. The number of nitrogens with one attached hydrogen (secondary N) is 1. The van der Waals surface area contributed by atoms with E-state index in [1.165, 1.54) is 0 Å². The van der Waals surface area contributed by atoms with Crippen LogP contribution in [0.15, 0.2) is 54.6 Å². The highest BCUT2D eigenvalue weighted by molar-refractivity contribution is 7.83. The van der Waals surface area contributed by atoms with Gasteiger partial charge in [-0.2, -0.15) is 5.10 Å². The van der Waals surface area contributed by atoms with Crippen molar-refractivity contribution < 1.29 is 13.7 Å². The number of anilines is 1. The Morgan fingerprint density at radius 3 is 2.73 bits per heavy atom. The number of hydrogen-bond acceptors (Lipinski definition) is 4. The van der Waals surface area contributed by atoms with Crippen molar-refractivity contribution >= 4 is 33.3 Å². The molecule has 1 atom stereocenters. The minimum Gasteiger partial charge on any atom is -0.493 e. The fourth-order valence-electron chi connectivity index (χ4n) is 4.41. The standard InChI is InChI=1S/C26H25N3O3S/c1-4-32-23-12-10-18-7-5-6-8-19(18)24(23)26(30)27-25-20-14-33(31)15-21(20)28-29(25)22-11-9-16(2)13-17(22)3/h5-13H,4,14-15H2,1-3H3,(H,27,30). The summed E-state index contributed by atoms with van der Waals surface area (Å²) in [7, 11) is -1.01. The zero-order valence-corrected chi connectivity index (χ0v) is 19.7. The van der Waals surface area contributed by atoms with Crippen LogP contribution in [0.4, 0.5) is 5.82 Å². The second-order valence-electron chi connectivity index (χ2n) is 8.25. The average Bonchev–Trinajstić information content (AvgIpc) is 3.30. The van der Waals surface area contributed by atoms with Gasteiger partial charge in [0.05, 0.1) is 35.1 Å². The number of rotatable bonds is 5. The van der Waals surface area contributed by atoms with Gasteiger partial charge in [-0.1, -0.05) is 48.0 Å². The fraction of sp³-hybridized carbons (Fsp3) is 0.231. The maximum atomic E-state index is 13.7. The second-order valence-corrected chi connectivity index (χ2v) is 9.71. The van der Waals surface area contributed by atoms with E-state index in [9.17, 15) is 9.00 Å². The number of aryl methyl sites for hydroxylation is 2. The Morgan fingerprint density at radius 1 is 1.12 bits per heavy atom. The number of carbonyl (C=O) groups is 1. The van der Waals surface area contributed by atoms with Crippen LogP contribution < -0.4 is 10.1 Å². The van der Waals surface area contributed by atoms with Gasteiger partial charge >= 0.3 is 0 Å². The number of hydrogen-bond donors (Lipinski definition) is 1. The number of carbonyl (C=O) groups excluding carboxylic acids is 1. The number of nitrogens with zero attached hydrogens (tertiary/aromatic N) is 2. The molecule has 0 radical (unpaired) electrons.